The van der Waals surface area contributed by atoms with Crippen molar-refractivity contribution in [3.8, 4) is 11.1 Å². The van der Waals surface area contributed by atoms with Gasteiger partial charge in [-0.25, -0.2) is 18.4 Å². The smallest absolute Gasteiger partial charge is 0.333 e. The predicted octanol–water partition coefficient (Wildman–Crippen LogP) is 2.63. The lowest BCUT2D eigenvalue weighted by Crippen LogP contribution is -2.57. The van der Waals surface area contributed by atoms with E-state index in [1.54, 1.807) is 51.4 Å². The molecule has 5 atom stereocenters. The number of aliphatic hydroxyl groups excluding tert-OH is 1. The van der Waals surface area contributed by atoms with Crippen LogP contribution in [0, 0.1) is 23.0 Å². The van der Waals surface area contributed by atoms with Gasteiger partial charge in [0, 0.05) is 81.2 Å². The number of carboxylic acid groups (broad SMARTS) is 2. The monoisotopic (exact) mass is 1090 g/mol. The van der Waals surface area contributed by atoms with Gasteiger partial charge in [0.05, 0.1) is 6.04 Å². The number of benzene rings is 2. The van der Waals surface area contributed by atoms with Crippen LogP contribution < -0.4 is 26.6 Å². The predicted molar refractivity (Wildman–Crippen MR) is 272 cm³/mol. The van der Waals surface area contributed by atoms with Crippen LogP contribution >= 0.6 is 0 Å². The molecule has 1 fully saturated rings. The van der Waals surface area contributed by atoms with Crippen molar-refractivity contribution in [2.75, 3.05) is 19.7 Å². The summed E-state index contributed by atoms with van der Waals surface area (Å²) in [6, 6.07) is 6.99. The third kappa shape index (κ3) is 18.6. The van der Waals surface area contributed by atoms with Crippen molar-refractivity contribution in [3.63, 3.8) is 0 Å². The van der Waals surface area contributed by atoms with Crippen molar-refractivity contribution in [3.05, 3.63) is 83.7 Å². The summed E-state index contributed by atoms with van der Waals surface area (Å²) in [5.41, 5.74) is 0.517. The van der Waals surface area contributed by atoms with Gasteiger partial charge in [-0.1, -0.05) is 65.0 Å². The van der Waals surface area contributed by atoms with E-state index < -0.39 is 151 Å². The van der Waals surface area contributed by atoms with E-state index in [0.29, 0.717) is 10.8 Å². The molecule has 0 aliphatic carbocycles. The summed E-state index contributed by atoms with van der Waals surface area (Å²) in [5.74, 6) is -12.0. The summed E-state index contributed by atoms with van der Waals surface area (Å²) < 4.78 is 31.7. The molecule has 4 rings (SSSR count). The second kappa shape index (κ2) is 28.9. The quantitative estimate of drug-likeness (QED) is 0.0464. The number of nitrogens with one attached hydrogen (secondary N) is 5. The molecule has 2 aromatic carbocycles. The average Bonchev–Trinajstić information content (AvgIpc) is 3.99. The maximum atomic E-state index is 15.4. The topological polar surface area (TPSA) is 329 Å². The molecule has 0 saturated carbocycles. The number of hydrogen-bond donors (Lipinski definition) is 8. The molecule has 1 aliphatic rings. The van der Waals surface area contributed by atoms with Gasteiger partial charge >= 0.3 is 17.9 Å². The van der Waals surface area contributed by atoms with Gasteiger partial charge in [0.25, 0.3) is 11.8 Å². The summed E-state index contributed by atoms with van der Waals surface area (Å²) in [4.78, 5) is 146. The number of hydroxylamine groups is 2. The van der Waals surface area contributed by atoms with E-state index in [-0.39, 0.29) is 62.7 Å². The number of aliphatic hydroxyl groups is 1. The Morgan fingerprint density at radius 3 is 2.01 bits per heavy atom. The second-order valence-corrected chi connectivity index (χ2v) is 20.1. The molecule has 8 amide bonds. The molecule has 2 heterocycles. The van der Waals surface area contributed by atoms with Crippen molar-refractivity contribution >= 4 is 65.2 Å². The minimum Gasteiger partial charge on any atom is -0.481 e. The Hall–Kier alpha value is -8.09. The summed E-state index contributed by atoms with van der Waals surface area (Å²) in [6.07, 6.45) is -1.17. The highest BCUT2D eigenvalue weighted by Crippen LogP contribution is 2.41. The minimum atomic E-state index is -1.56. The molecule has 0 bridgehead atoms. The third-order valence-electron chi connectivity index (χ3n) is 12.5. The number of carboxylic acids is 2. The molecule has 0 radical (unpaired) electrons. The van der Waals surface area contributed by atoms with E-state index in [2.05, 4.69) is 26.6 Å². The fraction of sp³-hybridized carbons (Fsp3) is 0.491. The minimum absolute atomic E-state index is 0.0706. The van der Waals surface area contributed by atoms with E-state index in [1.165, 1.54) is 11.8 Å². The molecule has 1 saturated heterocycles. The maximum absolute atomic E-state index is 15.4. The highest BCUT2D eigenvalue weighted by Gasteiger charge is 2.39. The molecule has 23 nitrogen and oxygen atoms in total. The normalized spacial score (nSPS) is 14.4. The first kappa shape index (κ1) is 62.4. The number of halogens is 2. The fourth-order valence-electron chi connectivity index (χ4n) is 8.50. The van der Waals surface area contributed by atoms with Gasteiger partial charge in [-0.2, -0.15) is 0 Å². The van der Waals surface area contributed by atoms with Gasteiger partial charge in [-0.05, 0) is 67.3 Å². The Bertz CT molecular complexity index is 2680. The lowest BCUT2D eigenvalue weighted by molar-refractivity contribution is -0.197. The zero-order valence-corrected chi connectivity index (χ0v) is 44.3. The third-order valence-corrected chi connectivity index (χ3v) is 12.5. The Balaban J connectivity index is 1.60. The van der Waals surface area contributed by atoms with E-state index in [9.17, 15) is 67.3 Å². The summed E-state index contributed by atoms with van der Waals surface area (Å²) >= 11 is 0. The number of hydrogen-bond acceptors (Lipinski definition) is 13. The molecule has 1 unspecified atom stereocenters. The van der Waals surface area contributed by atoms with Crippen molar-refractivity contribution < 1.29 is 81.7 Å². The van der Waals surface area contributed by atoms with Gasteiger partial charge in [-0.15, -0.1) is 5.06 Å². The number of amides is 8. The van der Waals surface area contributed by atoms with E-state index in [4.69, 9.17) is 9.94 Å². The Labute approximate surface area is 448 Å². The van der Waals surface area contributed by atoms with Crippen LogP contribution in [-0.2, 0) is 64.1 Å². The number of aromatic nitrogens is 1. The molecular formula is C53H68F2N8O15. The van der Waals surface area contributed by atoms with Crippen molar-refractivity contribution in [2.45, 2.75) is 136 Å². The number of carbonyl (C=O) groups excluding carboxylic acids is 9. The van der Waals surface area contributed by atoms with Gasteiger partial charge in [0.2, 0.25) is 35.4 Å². The van der Waals surface area contributed by atoms with E-state index >= 15 is 4.39 Å². The molecule has 0 spiro atoms. The molecule has 1 aliphatic heterocycles. The summed E-state index contributed by atoms with van der Waals surface area (Å²) in [5, 5.41) is 41.7. The van der Waals surface area contributed by atoms with Crippen LogP contribution in [0.5, 0.6) is 0 Å². The van der Waals surface area contributed by atoms with Crippen molar-refractivity contribution in [1.29, 1.82) is 0 Å². The van der Waals surface area contributed by atoms with E-state index in [0.717, 1.165) is 23.8 Å². The van der Waals surface area contributed by atoms with Crippen molar-refractivity contribution in [2.24, 2.45) is 11.3 Å². The standard InChI is InChI=1S/C53H68F2N8O15/c1-30(2)47(60-40(65)13-10-14-46(72)78-63-42(67)18-19-43(63)68)51(75)57-31(3)49(73)59-37(50(74)56-23-21-41(66)58-38(52(76)77)17-20-45(70)71)22-24-62(44(69)29-64)48(53(4,5)6)39-25-33(35-26-34(54)15-16-36(35)55)28-61(39)27-32-11-8-7-9-12-32/h7-9,11-12,15-16,25-26,28,30-31,37-38,47-48,64H,10,13-14,17-24,27,29H2,1-6H3,(H,56,74)(H,57,75)(H,58,66)(H,59,73)(H,60,65)(H,70,71)(H,76,77)/t31-,37-,38+,47?,48-/m0/s1. The first-order chi connectivity index (χ1) is 36.7. The zero-order chi connectivity index (χ0) is 58.0. The number of rotatable bonds is 29. The second-order valence-electron chi connectivity index (χ2n) is 20.1. The SMILES string of the molecule is CC(C)C(NC(=O)CCCC(=O)ON1C(=O)CCC1=O)C(=O)N[C@@H](C)C(=O)N[C@@H](CCN(C(=O)CO)[C@@H](c1cc(-c2cc(F)ccc2F)cn1Cc1ccccc1)C(C)(C)C)C(=O)NCCC(=O)N[C@H](CCC(=O)O)C(=O)O. The van der Waals surface area contributed by atoms with Crippen LogP contribution in [0.2, 0.25) is 0 Å². The lowest BCUT2D eigenvalue weighted by atomic mass is 9.82. The summed E-state index contributed by atoms with van der Waals surface area (Å²) in [6.45, 7) is 8.26. The first-order valence-corrected chi connectivity index (χ1v) is 25.3. The largest absolute Gasteiger partial charge is 0.481 e. The fourth-order valence-corrected chi connectivity index (χ4v) is 8.50. The van der Waals surface area contributed by atoms with Crippen LogP contribution in [0.1, 0.15) is 117 Å². The zero-order valence-electron chi connectivity index (χ0n) is 44.3. The van der Waals surface area contributed by atoms with Gasteiger partial charge in [0.15, 0.2) is 0 Å². The Morgan fingerprint density at radius 1 is 0.756 bits per heavy atom. The van der Waals surface area contributed by atoms with Gasteiger partial charge < -0.3 is 56.2 Å². The van der Waals surface area contributed by atoms with Crippen LogP contribution in [0.25, 0.3) is 11.1 Å². The number of aliphatic carboxylic acids is 2. The van der Waals surface area contributed by atoms with Gasteiger partial charge in [0.1, 0.15) is 42.4 Å². The first-order valence-electron chi connectivity index (χ1n) is 25.3. The summed E-state index contributed by atoms with van der Waals surface area (Å²) in [7, 11) is 0. The molecule has 424 valence electrons. The van der Waals surface area contributed by atoms with Crippen LogP contribution in [0.4, 0.5) is 8.78 Å². The molecule has 8 N–H and O–H groups in total. The number of imide groups is 1. The maximum Gasteiger partial charge on any atom is 0.333 e. The Morgan fingerprint density at radius 2 is 1.41 bits per heavy atom. The molecular weight excluding hydrogens is 1030 g/mol. The van der Waals surface area contributed by atoms with E-state index in [1.807, 2.05) is 30.3 Å². The molecule has 3 aromatic rings. The number of carbonyl (C=O) groups is 11. The highest BCUT2D eigenvalue weighted by atomic mass is 19.1. The molecule has 1 aromatic heterocycles. The van der Waals surface area contributed by atoms with Crippen molar-refractivity contribution in [1.82, 2.24) is 41.1 Å². The van der Waals surface area contributed by atoms with Crippen LogP contribution in [-0.4, -0.2) is 139 Å². The molecule has 78 heavy (non-hydrogen) atoms. The Kier molecular flexibility index (Phi) is 23.1. The van der Waals surface area contributed by atoms with Gasteiger partial charge in [-0.3, -0.25) is 43.2 Å². The lowest BCUT2D eigenvalue weighted by Gasteiger charge is -2.41. The van der Waals surface area contributed by atoms with Crippen LogP contribution in [0.3, 0.4) is 0 Å². The number of nitrogens with zero attached hydrogens (tertiary/aromatic N) is 3. The highest BCUT2D eigenvalue weighted by molar-refractivity contribution is 6.01. The van der Waals surface area contributed by atoms with Crippen LogP contribution in [0.15, 0.2) is 60.8 Å². The average molecular weight is 1100 g/mol. The molecule has 25 heteroatoms.